The Labute approximate surface area is 137 Å². The first kappa shape index (κ1) is 18.9. The normalized spacial score (nSPS) is 16.0. The molecule has 8 heteroatoms. The Morgan fingerprint density at radius 3 is 2.32 bits per heavy atom. The first-order chi connectivity index (χ1) is 9.82. The van der Waals surface area contributed by atoms with E-state index >= 15 is 0 Å². The van der Waals surface area contributed by atoms with Crippen LogP contribution in [0.25, 0.3) is 0 Å². The summed E-state index contributed by atoms with van der Waals surface area (Å²) in [7, 11) is -0.531. The lowest BCUT2D eigenvalue weighted by Crippen LogP contribution is -2.38. The van der Waals surface area contributed by atoms with Crippen LogP contribution in [0.4, 0.5) is 0 Å². The van der Waals surface area contributed by atoms with Crippen LogP contribution in [-0.4, -0.2) is 45.3 Å². The second kappa shape index (κ2) is 7.41. The van der Waals surface area contributed by atoms with Gasteiger partial charge in [0, 0.05) is 32.2 Å². The van der Waals surface area contributed by atoms with Crippen LogP contribution in [0.3, 0.4) is 0 Å². The Morgan fingerprint density at radius 1 is 1.32 bits per heavy atom. The van der Waals surface area contributed by atoms with Crippen LogP contribution in [0.15, 0.2) is 29.2 Å². The van der Waals surface area contributed by atoms with Crippen LogP contribution in [0, 0.1) is 5.92 Å². The fourth-order valence-electron chi connectivity index (χ4n) is 1.99. The van der Waals surface area contributed by atoms with E-state index in [0.29, 0.717) is 18.0 Å². The molecule has 1 saturated carbocycles. The van der Waals surface area contributed by atoms with E-state index in [9.17, 15) is 13.2 Å². The van der Waals surface area contributed by atoms with Gasteiger partial charge >= 0.3 is 0 Å². The Kier molecular flexibility index (Phi) is 6.37. The van der Waals surface area contributed by atoms with E-state index in [4.69, 9.17) is 5.73 Å². The van der Waals surface area contributed by atoms with Crippen molar-refractivity contribution in [3.05, 3.63) is 29.8 Å². The molecule has 1 atom stereocenters. The molecule has 1 aromatic carbocycles. The molecule has 1 aliphatic carbocycles. The minimum Gasteiger partial charge on any atom is -0.350 e. The monoisotopic (exact) mass is 347 g/mol. The minimum absolute atomic E-state index is 0. The molecule has 1 aliphatic rings. The summed E-state index contributed by atoms with van der Waals surface area (Å²) in [5, 5.41) is 2.78. The van der Waals surface area contributed by atoms with Crippen molar-refractivity contribution in [2.75, 3.05) is 20.6 Å². The quantitative estimate of drug-likeness (QED) is 0.797. The zero-order valence-corrected chi connectivity index (χ0v) is 14.3. The summed E-state index contributed by atoms with van der Waals surface area (Å²) in [6.45, 7) is 0.446. The van der Waals surface area contributed by atoms with Crippen LogP contribution in [0.5, 0.6) is 0 Å². The molecule has 1 unspecified atom stereocenters. The molecule has 3 N–H and O–H groups in total. The second-order valence-corrected chi connectivity index (χ2v) is 7.67. The highest BCUT2D eigenvalue weighted by atomic mass is 35.5. The largest absolute Gasteiger partial charge is 0.350 e. The summed E-state index contributed by atoms with van der Waals surface area (Å²) in [5.41, 5.74) is 6.35. The Balaban J connectivity index is 0.00000242. The van der Waals surface area contributed by atoms with E-state index in [1.165, 1.54) is 38.4 Å². The van der Waals surface area contributed by atoms with Gasteiger partial charge in [0.1, 0.15) is 0 Å². The van der Waals surface area contributed by atoms with Gasteiger partial charge in [0.2, 0.25) is 10.0 Å². The van der Waals surface area contributed by atoms with E-state index in [2.05, 4.69) is 5.32 Å². The minimum atomic E-state index is -3.47. The Bertz CT molecular complexity index is 613. The highest BCUT2D eigenvalue weighted by Crippen LogP contribution is 2.31. The smallest absolute Gasteiger partial charge is 0.251 e. The third-order valence-corrected chi connectivity index (χ3v) is 5.45. The third kappa shape index (κ3) is 4.42. The molecule has 1 fully saturated rings. The maximum Gasteiger partial charge on any atom is 0.251 e. The Morgan fingerprint density at radius 2 is 1.86 bits per heavy atom. The fraction of sp³-hybridized carbons (Fsp3) is 0.500. The van der Waals surface area contributed by atoms with E-state index in [-0.39, 0.29) is 29.3 Å². The molecule has 124 valence electrons. The van der Waals surface area contributed by atoms with Crippen molar-refractivity contribution in [3.63, 3.8) is 0 Å². The molecule has 0 bridgehead atoms. The lowest BCUT2D eigenvalue weighted by atomic mass is 10.2. The lowest BCUT2D eigenvalue weighted by Gasteiger charge is -2.13. The molecule has 6 nitrogen and oxygen atoms in total. The maximum atomic E-state index is 12.0. The van der Waals surface area contributed by atoms with Gasteiger partial charge in [0.15, 0.2) is 0 Å². The second-order valence-electron chi connectivity index (χ2n) is 5.52. The molecule has 1 aromatic rings. The first-order valence-corrected chi connectivity index (χ1v) is 8.32. The van der Waals surface area contributed by atoms with Crippen LogP contribution in [0.2, 0.25) is 0 Å². The molecule has 2 rings (SSSR count). The number of benzene rings is 1. The highest BCUT2D eigenvalue weighted by molar-refractivity contribution is 7.89. The molecule has 0 aromatic heterocycles. The molecule has 0 heterocycles. The van der Waals surface area contributed by atoms with Gasteiger partial charge in [0.25, 0.3) is 5.91 Å². The van der Waals surface area contributed by atoms with Gasteiger partial charge in [-0.15, -0.1) is 12.4 Å². The van der Waals surface area contributed by atoms with Crippen LogP contribution < -0.4 is 11.1 Å². The summed E-state index contributed by atoms with van der Waals surface area (Å²) in [6.07, 6.45) is 2.27. The van der Waals surface area contributed by atoms with Gasteiger partial charge in [-0.2, -0.15) is 0 Å². The van der Waals surface area contributed by atoms with Crippen LogP contribution >= 0.6 is 12.4 Å². The molecule has 0 spiro atoms. The molecular weight excluding hydrogens is 326 g/mol. The number of carbonyl (C=O) groups is 1. The van der Waals surface area contributed by atoms with Gasteiger partial charge in [-0.25, -0.2) is 12.7 Å². The highest BCUT2D eigenvalue weighted by Gasteiger charge is 2.28. The van der Waals surface area contributed by atoms with E-state index in [1.807, 2.05) is 0 Å². The molecule has 1 amide bonds. The van der Waals surface area contributed by atoms with E-state index < -0.39 is 10.0 Å². The Hall–Kier alpha value is -1.15. The van der Waals surface area contributed by atoms with Gasteiger partial charge in [0.05, 0.1) is 4.90 Å². The SMILES string of the molecule is CN(C)S(=O)(=O)c1ccc(C(=O)NCC(N)C2CC2)cc1.Cl. The van der Waals surface area contributed by atoms with Crippen molar-refractivity contribution in [1.82, 2.24) is 9.62 Å². The zero-order valence-electron chi connectivity index (χ0n) is 12.7. The summed E-state index contributed by atoms with van der Waals surface area (Å²) in [6, 6.07) is 5.89. The number of nitrogens with two attached hydrogens (primary N) is 1. The van der Waals surface area contributed by atoms with E-state index in [0.717, 1.165) is 17.1 Å². The molecule has 0 saturated heterocycles. The summed E-state index contributed by atoms with van der Waals surface area (Å²) in [4.78, 5) is 12.1. The first-order valence-electron chi connectivity index (χ1n) is 6.88. The average Bonchev–Trinajstić information content (AvgIpc) is 3.29. The number of halogens is 1. The van der Waals surface area contributed by atoms with Crippen molar-refractivity contribution < 1.29 is 13.2 Å². The molecule has 0 radical (unpaired) electrons. The summed E-state index contributed by atoms with van der Waals surface area (Å²) in [5.74, 6) is 0.290. The van der Waals surface area contributed by atoms with Crippen molar-refractivity contribution in [2.45, 2.75) is 23.8 Å². The predicted octanol–water partition coefficient (Wildman–Crippen LogP) is 0.826. The van der Waals surface area contributed by atoms with E-state index in [1.54, 1.807) is 0 Å². The summed E-state index contributed by atoms with van der Waals surface area (Å²) >= 11 is 0. The standard InChI is InChI=1S/C14H21N3O3S.ClH/c1-17(2)21(19,20)12-7-5-11(6-8-12)14(18)16-9-13(15)10-3-4-10;/h5-8,10,13H,3-4,9,15H2,1-2H3,(H,16,18);1H. The van der Waals surface area contributed by atoms with Crippen molar-refractivity contribution >= 4 is 28.3 Å². The molecular formula is C14H22ClN3O3S. The van der Waals surface area contributed by atoms with Crippen molar-refractivity contribution in [1.29, 1.82) is 0 Å². The average molecular weight is 348 g/mol. The zero-order chi connectivity index (χ0) is 15.6. The topological polar surface area (TPSA) is 92.5 Å². The lowest BCUT2D eigenvalue weighted by molar-refractivity contribution is 0.0950. The summed E-state index contributed by atoms with van der Waals surface area (Å²) < 4.78 is 25.0. The molecule has 22 heavy (non-hydrogen) atoms. The number of amides is 1. The number of hydrogen-bond donors (Lipinski definition) is 2. The molecule has 0 aliphatic heterocycles. The van der Waals surface area contributed by atoms with Crippen molar-refractivity contribution in [2.24, 2.45) is 11.7 Å². The number of carbonyl (C=O) groups excluding carboxylic acids is 1. The van der Waals surface area contributed by atoms with Gasteiger partial charge in [-0.3, -0.25) is 4.79 Å². The third-order valence-electron chi connectivity index (χ3n) is 3.62. The van der Waals surface area contributed by atoms with Gasteiger partial charge < -0.3 is 11.1 Å². The van der Waals surface area contributed by atoms with Crippen molar-refractivity contribution in [3.8, 4) is 0 Å². The fourth-order valence-corrected chi connectivity index (χ4v) is 2.89. The van der Waals surface area contributed by atoms with Gasteiger partial charge in [-0.05, 0) is 43.0 Å². The van der Waals surface area contributed by atoms with Crippen LogP contribution in [-0.2, 0) is 10.0 Å². The number of hydrogen-bond acceptors (Lipinski definition) is 4. The number of nitrogens with one attached hydrogen (secondary N) is 1. The van der Waals surface area contributed by atoms with Gasteiger partial charge in [-0.1, -0.05) is 0 Å². The van der Waals surface area contributed by atoms with Crippen LogP contribution in [0.1, 0.15) is 23.2 Å². The number of sulfonamides is 1. The maximum absolute atomic E-state index is 12.0. The number of rotatable bonds is 6. The predicted molar refractivity (Wildman–Crippen MR) is 87.6 cm³/mol. The number of nitrogens with zero attached hydrogens (tertiary/aromatic N) is 1.